The van der Waals surface area contributed by atoms with Crippen LogP contribution in [0, 0.1) is 30.6 Å². The predicted molar refractivity (Wildman–Crippen MR) is 110 cm³/mol. The number of ether oxygens (including phenoxy) is 1. The Morgan fingerprint density at radius 3 is 2.43 bits per heavy atom. The van der Waals surface area contributed by atoms with Gasteiger partial charge in [0.25, 0.3) is 11.8 Å². The summed E-state index contributed by atoms with van der Waals surface area (Å²) < 4.78 is 5.55. The standard InChI is InChI=1S/C24H20N2O4/c1-14-5-4-7-17(11-14)24(29)30-19-8-3-2-6-18(19)13-25-26-22(27)20-15-9-10-16(12-15)21(20)23(26)28/h2-11,13,15-16,20-21H,12H2,1H3/t15-,16-,20-,21+/m0/s1. The number of carbonyl (C=O) groups is 3. The minimum Gasteiger partial charge on any atom is -0.422 e. The van der Waals surface area contributed by atoms with E-state index in [0.29, 0.717) is 16.9 Å². The molecule has 2 amide bonds. The molecule has 4 atom stereocenters. The molecular formula is C24H20N2O4. The number of hydrogen-bond acceptors (Lipinski definition) is 5. The fraction of sp³-hybridized carbons (Fsp3) is 0.250. The molecule has 1 heterocycles. The van der Waals surface area contributed by atoms with Crippen molar-refractivity contribution in [2.24, 2.45) is 28.8 Å². The Morgan fingerprint density at radius 1 is 1.03 bits per heavy atom. The molecule has 2 aliphatic carbocycles. The fourth-order valence-corrected chi connectivity index (χ4v) is 4.73. The maximum Gasteiger partial charge on any atom is 0.343 e. The van der Waals surface area contributed by atoms with Crippen LogP contribution in [0.15, 0.2) is 65.8 Å². The summed E-state index contributed by atoms with van der Waals surface area (Å²) >= 11 is 0. The maximum absolute atomic E-state index is 12.8. The van der Waals surface area contributed by atoms with Crippen LogP contribution in [0.5, 0.6) is 5.75 Å². The Balaban J connectivity index is 1.36. The van der Waals surface area contributed by atoms with Crippen molar-refractivity contribution in [1.29, 1.82) is 0 Å². The zero-order valence-corrected chi connectivity index (χ0v) is 16.4. The van der Waals surface area contributed by atoms with Gasteiger partial charge in [-0.15, -0.1) is 0 Å². The molecule has 2 bridgehead atoms. The molecule has 5 rings (SSSR count). The Morgan fingerprint density at radius 2 is 1.73 bits per heavy atom. The normalized spacial score (nSPS) is 26.6. The SMILES string of the molecule is Cc1cccc(C(=O)Oc2ccccc2C=NN2C(=O)[C@@H]3[C@H](C2=O)[C@H]2C=C[C@H]3C2)c1. The minimum absolute atomic E-state index is 0.138. The molecule has 0 spiro atoms. The van der Waals surface area contributed by atoms with Gasteiger partial charge < -0.3 is 4.74 Å². The molecule has 150 valence electrons. The minimum atomic E-state index is -0.481. The molecule has 0 unspecified atom stereocenters. The number of hydrogen-bond donors (Lipinski definition) is 0. The van der Waals surface area contributed by atoms with Gasteiger partial charge in [0.15, 0.2) is 0 Å². The van der Waals surface area contributed by atoms with Crippen LogP contribution in [-0.2, 0) is 9.59 Å². The molecule has 1 saturated carbocycles. The number of fused-ring (bicyclic) bond motifs is 5. The summed E-state index contributed by atoms with van der Waals surface area (Å²) in [4.78, 5) is 38.0. The van der Waals surface area contributed by atoms with Crippen molar-refractivity contribution < 1.29 is 19.1 Å². The molecule has 1 saturated heterocycles. The Bertz CT molecular complexity index is 1090. The molecule has 6 nitrogen and oxygen atoms in total. The van der Waals surface area contributed by atoms with Gasteiger partial charge in [-0.25, -0.2) is 4.79 Å². The lowest BCUT2D eigenvalue weighted by Gasteiger charge is -2.13. The van der Waals surface area contributed by atoms with Crippen molar-refractivity contribution >= 4 is 24.0 Å². The number of esters is 1. The van der Waals surface area contributed by atoms with E-state index in [2.05, 4.69) is 5.10 Å². The van der Waals surface area contributed by atoms with E-state index in [0.717, 1.165) is 17.0 Å². The topological polar surface area (TPSA) is 76.0 Å². The number of benzene rings is 2. The van der Waals surface area contributed by atoms with Crippen molar-refractivity contribution in [3.8, 4) is 5.75 Å². The second-order valence-corrected chi connectivity index (χ2v) is 8.03. The summed E-state index contributed by atoms with van der Waals surface area (Å²) in [5, 5.41) is 5.17. The Kier molecular flexibility index (Phi) is 4.35. The second kappa shape index (κ2) is 7.06. The van der Waals surface area contributed by atoms with Crippen LogP contribution in [0.4, 0.5) is 0 Å². The highest BCUT2D eigenvalue weighted by Gasteiger charge is 2.59. The zero-order chi connectivity index (χ0) is 20.8. The monoisotopic (exact) mass is 400 g/mol. The van der Waals surface area contributed by atoms with Crippen LogP contribution >= 0.6 is 0 Å². The largest absolute Gasteiger partial charge is 0.422 e. The van der Waals surface area contributed by atoms with Gasteiger partial charge in [-0.2, -0.15) is 10.1 Å². The van der Waals surface area contributed by atoms with E-state index in [-0.39, 0.29) is 35.5 Å². The van der Waals surface area contributed by atoms with E-state index < -0.39 is 5.97 Å². The summed E-state index contributed by atoms with van der Waals surface area (Å²) in [7, 11) is 0. The molecule has 30 heavy (non-hydrogen) atoms. The molecule has 2 aromatic carbocycles. The molecule has 0 N–H and O–H groups in total. The fourth-order valence-electron chi connectivity index (χ4n) is 4.73. The molecule has 1 aliphatic heterocycles. The summed E-state index contributed by atoms with van der Waals surface area (Å²) in [6.45, 7) is 1.90. The van der Waals surface area contributed by atoms with Crippen LogP contribution in [-0.4, -0.2) is 29.0 Å². The number of rotatable bonds is 4. The lowest BCUT2D eigenvalue weighted by molar-refractivity contribution is -0.140. The van der Waals surface area contributed by atoms with E-state index in [1.54, 1.807) is 42.5 Å². The first kappa shape index (κ1) is 18.5. The number of aryl methyl sites for hydroxylation is 1. The van der Waals surface area contributed by atoms with Crippen molar-refractivity contribution in [1.82, 2.24) is 5.01 Å². The Hall–Kier alpha value is -3.54. The molecule has 2 fully saturated rings. The number of para-hydroxylation sites is 1. The molecule has 0 radical (unpaired) electrons. The number of amides is 2. The van der Waals surface area contributed by atoms with Crippen molar-refractivity contribution in [3.63, 3.8) is 0 Å². The summed E-state index contributed by atoms with van der Waals surface area (Å²) in [6, 6.07) is 14.0. The third-order valence-corrected chi connectivity index (χ3v) is 6.13. The van der Waals surface area contributed by atoms with Crippen LogP contribution in [0.1, 0.15) is 27.9 Å². The van der Waals surface area contributed by atoms with Gasteiger partial charge in [0.1, 0.15) is 5.75 Å². The molecular weight excluding hydrogens is 380 g/mol. The van der Waals surface area contributed by atoms with Crippen LogP contribution in [0.3, 0.4) is 0 Å². The van der Waals surface area contributed by atoms with E-state index >= 15 is 0 Å². The maximum atomic E-state index is 12.8. The molecule has 3 aliphatic rings. The number of allylic oxidation sites excluding steroid dienone is 2. The van der Waals surface area contributed by atoms with Crippen LogP contribution < -0.4 is 4.74 Å². The molecule has 2 aromatic rings. The van der Waals surface area contributed by atoms with Gasteiger partial charge in [0.05, 0.1) is 23.6 Å². The van der Waals surface area contributed by atoms with Gasteiger partial charge in [0, 0.05) is 5.56 Å². The number of nitrogens with zero attached hydrogens (tertiary/aromatic N) is 2. The van der Waals surface area contributed by atoms with E-state index in [1.807, 2.05) is 25.1 Å². The van der Waals surface area contributed by atoms with Gasteiger partial charge in [0.2, 0.25) is 0 Å². The van der Waals surface area contributed by atoms with E-state index in [1.165, 1.54) is 6.21 Å². The summed E-state index contributed by atoms with van der Waals surface area (Å²) in [6.07, 6.45) is 6.38. The van der Waals surface area contributed by atoms with Crippen molar-refractivity contribution in [3.05, 3.63) is 77.4 Å². The smallest absolute Gasteiger partial charge is 0.343 e. The van der Waals surface area contributed by atoms with E-state index in [4.69, 9.17) is 4.74 Å². The van der Waals surface area contributed by atoms with Gasteiger partial charge >= 0.3 is 5.97 Å². The quantitative estimate of drug-likeness (QED) is 0.259. The van der Waals surface area contributed by atoms with Gasteiger partial charge in [-0.3, -0.25) is 9.59 Å². The average Bonchev–Trinajstić information content (AvgIpc) is 3.42. The molecule has 0 aromatic heterocycles. The van der Waals surface area contributed by atoms with E-state index in [9.17, 15) is 14.4 Å². The highest BCUT2D eigenvalue weighted by atomic mass is 16.5. The number of hydrazone groups is 1. The number of imide groups is 1. The molecule has 6 heteroatoms. The highest BCUT2D eigenvalue weighted by molar-refractivity contribution is 6.07. The predicted octanol–water partition coefficient (Wildman–Crippen LogP) is 3.36. The van der Waals surface area contributed by atoms with Gasteiger partial charge in [-0.05, 0) is 49.4 Å². The first-order valence-corrected chi connectivity index (χ1v) is 10.0. The highest BCUT2D eigenvalue weighted by Crippen LogP contribution is 2.52. The van der Waals surface area contributed by atoms with Crippen LogP contribution in [0.2, 0.25) is 0 Å². The van der Waals surface area contributed by atoms with Crippen molar-refractivity contribution in [2.45, 2.75) is 13.3 Å². The first-order chi connectivity index (χ1) is 14.5. The Labute approximate surface area is 173 Å². The zero-order valence-electron chi connectivity index (χ0n) is 16.4. The lowest BCUT2D eigenvalue weighted by atomic mass is 9.85. The lowest BCUT2D eigenvalue weighted by Crippen LogP contribution is -2.28. The van der Waals surface area contributed by atoms with Crippen LogP contribution in [0.25, 0.3) is 0 Å². The average molecular weight is 400 g/mol. The first-order valence-electron chi connectivity index (χ1n) is 10.0. The third-order valence-electron chi connectivity index (χ3n) is 6.13. The summed E-state index contributed by atoms with van der Waals surface area (Å²) in [5.41, 5.74) is 1.92. The number of carbonyl (C=O) groups excluding carboxylic acids is 3. The van der Waals surface area contributed by atoms with Gasteiger partial charge in [-0.1, -0.05) is 42.0 Å². The third kappa shape index (κ3) is 2.96. The summed E-state index contributed by atoms with van der Waals surface area (Å²) in [5.74, 6) is -0.963. The van der Waals surface area contributed by atoms with Crippen molar-refractivity contribution in [2.75, 3.05) is 0 Å². The second-order valence-electron chi connectivity index (χ2n) is 8.03.